The summed E-state index contributed by atoms with van der Waals surface area (Å²) in [5.41, 5.74) is 0.331. The maximum absolute atomic E-state index is 12.2. The fraction of sp³-hybridized carbons (Fsp3) is 0.214. The lowest BCUT2D eigenvalue weighted by atomic mass is 10.2. The first-order valence-corrected chi connectivity index (χ1v) is 7.41. The molecule has 1 aromatic carbocycles. The molecule has 0 aliphatic rings. The minimum atomic E-state index is -0.595. The highest BCUT2D eigenvalue weighted by atomic mass is 35.5. The van der Waals surface area contributed by atoms with Gasteiger partial charge in [-0.25, -0.2) is 4.68 Å². The smallest absolute Gasteiger partial charge is 0.287 e. The van der Waals surface area contributed by atoms with Crippen LogP contribution in [0.5, 0.6) is 0 Å². The Balaban J connectivity index is 2.07. The van der Waals surface area contributed by atoms with Crippen molar-refractivity contribution in [3.8, 4) is 0 Å². The van der Waals surface area contributed by atoms with Crippen LogP contribution in [0.15, 0.2) is 35.3 Å². The number of amides is 1. The monoisotopic (exact) mass is 359 g/mol. The van der Waals surface area contributed by atoms with Gasteiger partial charge in [-0.3, -0.25) is 9.59 Å². The molecule has 1 aromatic heterocycles. The molecule has 0 bridgehead atoms. The number of likely N-dealkylation sites (N-methyl/N-ethyl adjacent to an activating group) is 1. The Morgan fingerprint density at radius 3 is 2.50 bits per heavy atom. The highest BCUT2D eigenvalue weighted by molar-refractivity contribution is 6.41. The van der Waals surface area contributed by atoms with Crippen LogP contribution in [-0.4, -0.2) is 27.6 Å². The third kappa shape index (κ3) is 4.00. The van der Waals surface area contributed by atoms with E-state index in [0.717, 1.165) is 10.2 Å². The lowest BCUT2D eigenvalue weighted by Gasteiger charge is -2.17. The van der Waals surface area contributed by atoms with Crippen LogP contribution < -0.4 is 5.56 Å². The lowest BCUT2D eigenvalue weighted by Crippen LogP contribution is -2.34. The molecule has 1 heterocycles. The minimum Gasteiger partial charge on any atom is -0.340 e. The summed E-state index contributed by atoms with van der Waals surface area (Å²) in [5.74, 6) is -0.275. The number of rotatable bonds is 4. The van der Waals surface area contributed by atoms with E-state index in [2.05, 4.69) is 5.10 Å². The molecule has 0 unspecified atom stereocenters. The maximum Gasteiger partial charge on any atom is 0.287 e. The topological polar surface area (TPSA) is 55.2 Å². The number of aromatic nitrogens is 2. The molecule has 0 aliphatic heterocycles. The van der Waals surface area contributed by atoms with Gasteiger partial charge in [0.2, 0.25) is 5.91 Å². The van der Waals surface area contributed by atoms with Crippen LogP contribution in [0.1, 0.15) is 5.56 Å². The normalized spacial score (nSPS) is 10.5. The van der Waals surface area contributed by atoms with Gasteiger partial charge in [0.25, 0.3) is 5.56 Å². The van der Waals surface area contributed by atoms with Crippen LogP contribution in [0.2, 0.25) is 15.1 Å². The summed E-state index contributed by atoms with van der Waals surface area (Å²) >= 11 is 17.3. The van der Waals surface area contributed by atoms with Crippen LogP contribution in [0.25, 0.3) is 0 Å². The van der Waals surface area contributed by atoms with E-state index >= 15 is 0 Å². The van der Waals surface area contributed by atoms with Gasteiger partial charge in [0, 0.05) is 18.6 Å². The summed E-state index contributed by atoms with van der Waals surface area (Å²) in [6, 6.07) is 7.16. The van der Waals surface area contributed by atoms with E-state index in [9.17, 15) is 9.59 Å². The fourth-order valence-electron chi connectivity index (χ4n) is 1.76. The first-order chi connectivity index (χ1) is 10.4. The van der Waals surface area contributed by atoms with Crippen LogP contribution in [0, 0.1) is 0 Å². The van der Waals surface area contributed by atoms with Gasteiger partial charge in [-0.1, -0.05) is 46.9 Å². The molecule has 0 fully saturated rings. The average Bonchev–Trinajstić information content (AvgIpc) is 2.50. The Morgan fingerprint density at radius 1 is 1.23 bits per heavy atom. The van der Waals surface area contributed by atoms with Crippen molar-refractivity contribution in [1.29, 1.82) is 0 Å². The number of nitrogens with zero attached hydrogens (tertiary/aromatic N) is 3. The molecule has 0 radical (unpaired) electrons. The van der Waals surface area contributed by atoms with E-state index in [0.29, 0.717) is 11.6 Å². The van der Waals surface area contributed by atoms with Crippen LogP contribution in [0.3, 0.4) is 0 Å². The molecule has 5 nitrogen and oxygen atoms in total. The predicted molar refractivity (Wildman–Crippen MR) is 86.4 cm³/mol. The van der Waals surface area contributed by atoms with Crippen LogP contribution >= 0.6 is 34.8 Å². The summed E-state index contributed by atoms with van der Waals surface area (Å²) in [6.07, 6.45) is 1.23. The SMILES string of the molecule is CN(Cc1ccc(Cl)cc1)C(=O)Cn1ncc(Cl)c(Cl)c1=O. The van der Waals surface area contributed by atoms with Crippen LogP contribution in [0.4, 0.5) is 0 Å². The predicted octanol–water partition coefficient (Wildman–Crippen LogP) is 2.86. The van der Waals surface area contributed by atoms with Gasteiger partial charge in [-0.2, -0.15) is 5.10 Å². The molecule has 2 rings (SSSR count). The van der Waals surface area contributed by atoms with Crippen molar-refractivity contribution in [3.63, 3.8) is 0 Å². The van der Waals surface area contributed by atoms with E-state index in [1.807, 2.05) is 12.1 Å². The molecule has 0 spiro atoms. The molecule has 2 aromatic rings. The Hall–Kier alpha value is -1.56. The molecule has 1 amide bonds. The first kappa shape index (κ1) is 16.8. The molecule has 8 heteroatoms. The largest absolute Gasteiger partial charge is 0.340 e. The van der Waals surface area contributed by atoms with Gasteiger partial charge >= 0.3 is 0 Å². The molecule has 0 saturated carbocycles. The summed E-state index contributed by atoms with van der Waals surface area (Å²) in [5, 5.41) is 4.34. The van der Waals surface area contributed by atoms with E-state index in [1.54, 1.807) is 19.2 Å². The number of carbonyl (C=O) groups excluding carboxylic acids is 1. The van der Waals surface area contributed by atoms with Crippen molar-refractivity contribution in [2.24, 2.45) is 0 Å². The van der Waals surface area contributed by atoms with Gasteiger partial charge in [0.1, 0.15) is 11.6 Å². The molecular formula is C14H12Cl3N3O2. The number of carbonyl (C=O) groups is 1. The van der Waals surface area contributed by atoms with Crippen molar-refractivity contribution in [2.75, 3.05) is 7.05 Å². The Bertz CT molecular complexity index is 744. The van der Waals surface area contributed by atoms with Gasteiger partial charge < -0.3 is 4.90 Å². The number of hydrogen-bond acceptors (Lipinski definition) is 3. The molecule has 116 valence electrons. The van der Waals surface area contributed by atoms with Crippen molar-refractivity contribution in [1.82, 2.24) is 14.7 Å². The Labute approximate surface area is 142 Å². The van der Waals surface area contributed by atoms with Gasteiger partial charge in [0.15, 0.2) is 0 Å². The highest BCUT2D eigenvalue weighted by Crippen LogP contribution is 2.14. The molecule has 0 N–H and O–H groups in total. The fourth-order valence-corrected chi connectivity index (χ4v) is 2.16. The van der Waals surface area contributed by atoms with Gasteiger partial charge in [0.05, 0.1) is 11.2 Å². The van der Waals surface area contributed by atoms with E-state index in [-0.39, 0.29) is 22.5 Å². The molecule has 0 saturated heterocycles. The minimum absolute atomic E-state index is 0.0601. The second-order valence-electron chi connectivity index (χ2n) is 4.65. The van der Waals surface area contributed by atoms with Gasteiger partial charge in [-0.05, 0) is 17.7 Å². The lowest BCUT2D eigenvalue weighted by molar-refractivity contribution is -0.131. The zero-order chi connectivity index (χ0) is 16.3. The number of benzene rings is 1. The third-order valence-electron chi connectivity index (χ3n) is 2.99. The van der Waals surface area contributed by atoms with Crippen molar-refractivity contribution in [2.45, 2.75) is 13.1 Å². The van der Waals surface area contributed by atoms with E-state index in [1.165, 1.54) is 11.1 Å². The number of halogens is 3. The molecule has 22 heavy (non-hydrogen) atoms. The van der Waals surface area contributed by atoms with E-state index in [4.69, 9.17) is 34.8 Å². The maximum atomic E-state index is 12.2. The second-order valence-corrected chi connectivity index (χ2v) is 5.87. The highest BCUT2D eigenvalue weighted by Gasteiger charge is 2.14. The molecule has 0 atom stereocenters. The standard InChI is InChI=1S/C14H12Cl3N3O2/c1-19(7-9-2-4-10(15)5-3-9)12(21)8-20-14(22)13(17)11(16)6-18-20/h2-6H,7-8H2,1H3. The third-order valence-corrected chi connectivity index (χ3v) is 3.99. The Morgan fingerprint density at radius 2 is 1.86 bits per heavy atom. The van der Waals surface area contributed by atoms with Crippen molar-refractivity contribution in [3.05, 3.63) is 61.4 Å². The zero-order valence-electron chi connectivity index (χ0n) is 11.6. The first-order valence-electron chi connectivity index (χ1n) is 6.28. The van der Waals surface area contributed by atoms with Crippen molar-refractivity contribution < 1.29 is 4.79 Å². The molecule has 0 aliphatic carbocycles. The van der Waals surface area contributed by atoms with Gasteiger partial charge in [-0.15, -0.1) is 0 Å². The zero-order valence-corrected chi connectivity index (χ0v) is 13.9. The summed E-state index contributed by atoms with van der Waals surface area (Å²) in [7, 11) is 1.64. The Kier molecular flexibility index (Phi) is 5.45. The van der Waals surface area contributed by atoms with Crippen molar-refractivity contribution >= 4 is 40.7 Å². The summed E-state index contributed by atoms with van der Waals surface area (Å²) in [4.78, 5) is 25.5. The molecular weight excluding hydrogens is 349 g/mol. The summed E-state index contributed by atoms with van der Waals surface area (Å²) < 4.78 is 0.981. The van der Waals surface area contributed by atoms with Crippen LogP contribution in [-0.2, 0) is 17.9 Å². The second kappa shape index (κ2) is 7.13. The number of hydrogen-bond donors (Lipinski definition) is 0. The van der Waals surface area contributed by atoms with E-state index < -0.39 is 5.56 Å². The quantitative estimate of drug-likeness (QED) is 0.842. The average molecular weight is 361 g/mol. The summed E-state index contributed by atoms with van der Waals surface area (Å²) in [6.45, 7) is 0.186.